The second kappa shape index (κ2) is 11.3. The van der Waals surface area contributed by atoms with E-state index in [0.29, 0.717) is 0 Å². The van der Waals surface area contributed by atoms with E-state index in [2.05, 4.69) is 195 Å². The van der Waals surface area contributed by atoms with E-state index in [-0.39, 0.29) is 5.41 Å². The molecular formula is C49H35NO. The standard InChI is InChI=1S/C49H35NO/c1-49(2)42-20-12-11-19-40(42)41-27-26-37(31-43(41)49)50(36-24-21-33(22-25-36)32-13-5-3-6-14-32)44-29-28-39(34-15-7-4-8-16-34)48-47(44)46-38-18-10-9-17-35(38)23-30-45(46)51-48/h3-31H,1-2H3. The lowest BCUT2D eigenvalue weighted by Gasteiger charge is -2.29. The molecule has 0 amide bonds. The summed E-state index contributed by atoms with van der Waals surface area (Å²) in [7, 11) is 0. The van der Waals surface area contributed by atoms with Gasteiger partial charge < -0.3 is 9.32 Å². The molecule has 0 N–H and O–H groups in total. The van der Waals surface area contributed by atoms with E-state index in [9.17, 15) is 0 Å². The fourth-order valence-electron chi connectivity index (χ4n) is 8.35. The lowest BCUT2D eigenvalue weighted by molar-refractivity contribution is 0.660. The van der Waals surface area contributed by atoms with Gasteiger partial charge in [-0.05, 0) is 92.2 Å². The van der Waals surface area contributed by atoms with E-state index >= 15 is 0 Å². The summed E-state index contributed by atoms with van der Waals surface area (Å²) in [4.78, 5) is 2.43. The number of fused-ring (bicyclic) bond motifs is 8. The number of furan rings is 1. The van der Waals surface area contributed by atoms with Gasteiger partial charge in [-0.3, -0.25) is 0 Å². The maximum Gasteiger partial charge on any atom is 0.145 e. The zero-order chi connectivity index (χ0) is 34.1. The monoisotopic (exact) mass is 653 g/mol. The van der Waals surface area contributed by atoms with E-state index in [1.54, 1.807) is 0 Å². The van der Waals surface area contributed by atoms with Gasteiger partial charge in [0, 0.05) is 27.7 Å². The van der Waals surface area contributed by atoms with Crippen molar-refractivity contribution in [2.24, 2.45) is 0 Å². The van der Waals surface area contributed by atoms with Gasteiger partial charge in [0.2, 0.25) is 0 Å². The van der Waals surface area contributed by atoms with Crippen LogP contribution in [-0.2, 0) is 5.41 Å². The van der Waals surface area contributed by atoms with Crippen molar-refractivity contribution < 1.29 is 4.42 Å². The smallest absolute Gasteiger partial charge is 0.145 e. The summed E-state index contributed by atoms with van der Waals surface area (Å²) >= 11 is 0. The molecule has 0 fully saturated rings. The van der Waals surface area contributed by atoms with Crippen LogP contribution in [0.5, 0.6) is 0 Å². The molecule has 1 heterocycles. The zero-order valence-electron chi connectivity index (χ0n) is 28.6. The highest BCUT2D eigenvalue weighted by Gasteiger charge is 2.36. The predicted octanol–water partition coefficient (Wildman–Crippen LogP) is 13.8. The van der Waals surface area contributed by atoms with Crippen LogP contribution in [0.3, 0.4) is 0 Å². The molecule has 9 aromatic rings. The molecule has 2 heteroatoms. The van der Waals surface area contributed by atoms with E-state index in [0.717, 1.165) is 50.1 Å². The van der Waals surface area contributed by atoms with E-state index in [1.165, 1.54) is 44.2 Å². The topological polar surface area (TPSA) is 16.4 Å². The SMILES string of the molecule is CC1(C)c2ccccc2-c2ccc(N(c3ccc(-c4ccccc4)cc3)c3ccc(-c4ccccc4)c4oc5ccc6ccccc6c5c34)cc21. The minimum atomic E-state index is -0.129. The summed E-state index contributed by atoms with van der Waals surface area (Å²) in [5.41, 5.74) is 14.9. The summed E-state index contributed by atoms with van der Waals surface area (Å²) in [6.45, 7) is 4.70. The Hall–Kier alpha value is -6.38. The van der Waals surface area contributed by atoms with Crippen molar-refractivity contribution >= 4 is 49.8 Å². The molecule has 0 saturated carbocycles. The molecule has 10 rings (SSSR count). The summed E-state index contributed by atoms with van der Waals surface area (Å²) in [5, 5.41) is 4.62. The first-order valence-corrected chi connectivity index (χ1v) is 17.7. The fourth-order valence-corrected chi connectivity index (χ4v) is 8.35. The minimum absolute atomic E-state index is 0.129. The number of benzene rings is 8. The highest BCUT2D eigenvalue weighted by molar-refractivity contribution is 6.25. The molecule has 0 aliphatic heterocycles. The fraction of sp³-hybridized carbons (Fsp3) is 0.0612. The first kappa shape index (κ1) is 29.5. The molecule has 1 aromatic heterocycles. The summed E-state index contributed by atoms with van der Waals surface area (Å²) in [6, 6.07) is 63.5. The Balaban J connectivity index is 1.27. The first-order chi connectivity index (χ1) is 25.1. The van der Waals surface area contributed by atoms with Crippen LogP contribution in [0.25, 0.3) is 66.1 Å². The van der Waals surface area contributed by atoms with Gasteiger partial charge in [-0.25, -0.2) is 0 Å². The number of hydrogen-bond donors (Lipinski definition) is 0. The normalized spacial score (nSPS) is 13.1. The van der Waals surface area contributed by atoms with E-state index in [4.69, 9.17) is 4.42 Å². The molecule has 242 valence electrons. The van der Waals surface area contributed by atoms with Crippen LogP contribution in [0.1, 0.15) is 25.0 Å². The number of anilines is 3. The number of rotatable bonds is 5. The summed E-state index contributed by atoms with van der Waals surface area (Å²) in [5.74, 6) is 0. The van der Waals surface area contributed by atoms with Crippen LogP contribution in [0, 0.1) is 0 Å². The third-order valence-corrected chi connectivity index (χ3v) is 10.9. The van der Waals surface area contributed by atoms with Gasteiger partial charge in [0.1, 0.15) is 11.2 Å². The van der Waals surface area contributed by atoms with Crippen molar-refractivity contribution in [1.82, 2.24) is 0 Å². The molecule has 51 heavy (non-hydrogen) atoms. The molecule has 0 unspecified atom stereocenters. The Morgan fingerprint density at radius 3 is 1.88 bits per heavy atom. The Morgan fingerprint density at radius 1 is 0.451 bits per heavy atom. The highest BCUT2D eigenvalue weighted by Crippen LogP contribution is 2.52. The zero-order valence-corrected chi connectivity index (χ0v) is 28.6. The highest BCUT2D eigenvalue weighted by atomic mass is 16.3. The van der Waals surface area contributed by atoms with Crippen LogP contribution in [0.15, 0.2) is 180 Å². The molecule has 1 aliphatic carbocycles. The van der Waals surface area contributed by atoms with Crippen molar-refractivity contribution in [2.75, 3.05) is 4.90 Å². The van der Waals surface area contributed by atoms with Gasteiger partial charge in [0.25, 0.3) is 0 Å². The van der Waals surface area contributed by atoms with Gasteiger partial charge in [-0.2, -0.15) is 0 Å². The lowest BCUT2D eigenvalue weighted by Crippen LogP contribution is -2.16. The average Bonchev–Trinajstić information content (AvgIpc) is 3.69. The Labute approximate surface area is 297 Å². The maximum atomic E-state index is 6.91. The average molecular weight is 654 g/mol. The molecule has 0 bridgehead atoms. The van der Waals surface area contributed by atoms with Crippen LogP contribution in [0.2, 0.25) is 0 Å². The maximum absolute atomic E-state index is 6.91. The molecule has 2 nitrogen and oxygen atoms in total. The predicted molar refractivity (Wildman–Crippen MR) is 214 cm³/mol. The molecule has 0 saturated heterocycles. The van der Waals surface area contributed by atoms with Gasteiger partial charge in [-0.1, -0.05) is 147 Å². The summed E-state index contributed by atoms with van der Waals surface area (Å²) in [6.07, 6.45) is 0. The van der Waals surface area contributed by atoms with Crippen molar-refractivity contribution in [3.05, 3.63) is 187 Å². The van der Waals surface area contributed by atoms with Gasteiger partial charge in [0.05, 0.1) is 11.1 Å². The number of nitrogens with zero attached hydrogens (tertiary/aromatic N) is 1. The molecule has 0 atom stereocenters. The van der Waals surface area contributed by atoms with Gasteiger partial charge in [-0.15, -0.1) is 0 Å². The quantitative estimate of drug-likeness (QED) is 0.184. The van der Waals surface area contributed by atoms with Crippen molar-refractivity contribution in [2.45, 2.75) is 19.3 Å². The third-order valence-electron chi connectivity index (χ3n) is 10.9. The second-order valence-electron chi connectivity index (χ2n) is 14.1. The van der Waals surface area contributed by atoms with Crippen LogP contribution in [-0.4, -0.2) is 0 Å². The van der Waals surface area contributed by atoms with Crippen molar-refractivity contribution in [1.29, 1.82) is 0 Å². The van der Waals surface area contributed by atoms with Gasteiger partial charge >= 0.3 is 0 Å². The van der Waals surface area contributed by atoms with E-state index in [1.807, 2.05) is 0 Å². The molecular weight excluding hydrogens is 619 g/mol. The largest absolute Gasteiger partial charge is 0.455 e. The number of hydrogen-bond acceptors (Lipinski definition) is 2. The molecule has 0 radical (unpaired) electrons. The Morgan fingerprint density at radius 2 is 1.08 bits per heavy atom. The van der Waals surface area contributed by atoms with Crippen molar-refractivity contribution in [3.8, 4) is 33.4 Å². The minimum Gasteiger partial charge on any atom is -0.455 e. The van der Waals surface area contributed by atoms with Crippen molar-refractivity contribution in [3.63, 3.8) is 0 Å². The van der Waals surface area contributed by atoms with Gasteiger partial charge in [0.15, 0.2) is 0 Å². The molecule has 1 aliphatic rings. The van der Waals surface area contributed by atoms with Crippen LogP contribution in [0.4, 0.5) is 17.1 Å². The van der Waals surface area contributed by atoms with Crippen LogP contribution >= 0.6 is 0 Å². The molecule has 8 aromatic carbocycles. The lowest BCUT2D eigenvalue weighted by atomic mass is 9.82. The summed E-state index contributed by atoms with van der Waals surface area (Å²) < 4.78 is 6.91. The first-order valence-electron chi connectivity index (χ1n) is 17.7. The molecule has 0 spiro atoms. The third kappa shape index (κ3) is 4.57. The van der Waals surface area contributed by atoms with E-state index < -0.39 is 0 Å². The Kier molecular flexibility index (Phi) is 6.56. The second-order valence-corrected chi connectivity index (χ2v) is 14.1. The van der Waals surface area contributed by atoms with Crippen LogP contribution < -0.4 is 4.90 Å². The Bertz CT molecular complexity index is 2760.